The number of rotatable bonds is 3. The van der Waals surface area contributed by atoms with Crippen molar-refractivity contribution in [3.8, 4) is 11.5 Å². The van der Waals surface area contributed by atoms with Gasteiger partial charge in [-0.15, -0.1) is 0 Å². The van der Waals surface area contributed by atoms with Crippen LogP contribution in [0.4, 0.5) is 5.69 Å². The molecule has 0 fully saturated rings. The number of fused-ring (bicyclic) bond motifs is 2. The van der Waals surface area contributed by atoms with Gasteiger partial charge in [-0.2, -0.15) is 0 Å². The Morgan fingerprint density at radius 2 is 2.00 bits per heavy atom. The zero-order chi connectivity index (χ0) is 18.2. The lowest BCUT2D eigenvalue weighted by Crippen LogP contribution is -2.14. The number of benzene rings is 2. The van der Waals surface area contributed by atoms with Crippen molar-refractivity contribution in [1.82, 2.24) is 9.97 Å². The number of nitrogens with one attached hydrogen (secondary N) is 1. The summed E-state index contributed by atoms with van der Waals surface area (Å²) in [6.45, 7) is 0. The lowest BCUT2D eigenvalue weighted by molar-refractivity contribution is -0.112. The van der Waals surface area contributed by atoms with Gasteiger partial charge in [-0.05, 0) is 47.5 Å². The van der Waals surface area contributed by atoms with Crippen LogP contribution in [-0.2, 0) is 11.2 Å². The maximum absolute atomic E-state index is 12.6. The molecule has 0 radical (unpaired) electrons. The van der Waals surface area contributed by atoms with Crippen LogP contribution in [0.25, 0.3) is 28.6 Å². The van der Waals surface area contributed by atoms with Crippen LogP contribution in [0.15, 0.2) is 77.0 Å². The number of aromatic nitrogens is 2. The minimum absolute atomic E-state index is 0.0958. The van der Waals surface area contributed by atoms with Gasteiger partial charge in [0.2, 0.25) is 5.89 Å². The molecule has 2 aromatic carbocycles. The van der Waals surface area contributed by atoms with Crippen molar-refractivity contribution in [2.45, 2.75) is 6.42 Å². The molecule has 1 aliphatic rings. The zero-order valence-electron chi connectivity index (χ0n) is 14.3. The number of hydrogen-bond donors (Lipinski definition) is 1. The van der Waals surface area contributed by atoms with Crippen LogP contribution < -0.4 is 5.32 Å². The SMILES string of the molecule is O=C(Nc1ccc2oc(-c3cccnc3)nc2c1)C1=Cc2ccccc2C1. The molecule has 5 heteroatoms. The average Bonchev–Trinajstić information content (AvgIpc) is 3.32. The fraction of sp³-hybridized carbons (Fsp3) is 0.0455. The summed E-state index contributed by atoms with van der Waals surface area (Å²) in [6, 6.07) is 17.2. The number of hydrogen-bond acceptors (Lipinski definition) is 4. The second kappa shape index (κ2) is 6.21. The first-order valence-electron chi connectivity index (χ1n) is 8.67. The van der Waals surface area contributed by atoms with Crippen LogP contribution in [0.3, 0.4) is 0 Å². The van der Waals surface area contributed by atoms with E-state index >= 15 is 0 Å². The lowest BCUT2D eigenvalue weighted by atomic mass is 10.1. The molecule has 0 saturated carbocycles. The van der Waals surface area contributed by atoms with Crippen LogP contribution in [0.2, 0.25) is 0 Å². The standard InChI is InChI=1S/C22H15N3O2/c26-21(17-10-14-4-1-2-5-15(14)11-17)24-18-7-8-20-19(12-18)25-22(27-20)16-6-3-9-23-13-16/h1-10,12-13H,11H2,(H,24,26). The van der Waals surface area contributed by atoms with Crippen LogP contribution in [0, 0.1) is 0 Å². The van der Waals surface area contributed by atoms with E-state index in [0.29, 0.717) is 29.1 Å². The highest BCUT2D eigenvalue weighted by molar-refractivity contribution is 6.08. The number of amides is 1. The van der Waals surface area contributed by atoms with E-state index in [9.17, 15) is 4.79 Å². The molecule has 0 spiro atoms. The normalized spacial score (nSPS) is 12.7. The largest absolute Gasteiger partial charge is 0.436 e. The third-order valence-electron chi connectivity index (χ3n) is 4.61. The maximum Gasteiger partial charge on any atom is 0.251 e. The summed E-state index contributed by atoms with van der Waals surface area (Å²) < 4.78 is 5.78. The third-order valence-corrected chi connectivity index (χ3v) is 4.61. The lowest BCUT2D eigenvalue weighted by Gasteiger charge is -2.05. The van der Waals surface area contributed by atoms with Gasteiger partial charge in [0.05, 0.1) is 5.56 Å². The molecule has 27 heavy (non-hydrogen) atoms. The predicted molar refractivity (Wildman–Crippen MR) is 104 cm³/mol. The fourth-order valence-corrected chi connectivity index (χ4v) is 3.26. The second-order valence-electron chi connectivity index (χ2n) is 6.44. The summed E-state index contributed by atoms with van der Waals surface area (Å²) in [5.41, 5.74) is 5.90. The highest BCUT2D eigenvalue weighted by Gasteiger charge is 2.18. The van der Waals surface area contributed by atoms with Gasteiger partial charge in [0.1, 0.15) is 5.52 Å². The van der Waals surface area contributed by atoms with Crippen molar-refractivity contribution in [1.29, 1.82) is 0 Å². The van der Waals surface area contributed by atoms with Gasteiger partial charge in [0, 0.05) is 30.1 Å². The molecule has 0 aliphatic heterocycles. The van der Waals surface area contributed by atoms with E-state index in [2.05, 4.69) is 15.3 Å². The van der Waals surface area contributed by atoms with Gasteiger partial charge >= 0.3 is 0 Å². The Bertz CT molecular complexity index is 1190. The molecule has 0 atom stereocenters. The van der Waals surface area contributed by atoms with E-state index < -0.39 is 0 Å². The van der Waals surface area contributed by atoms with E-state index in [0.717, 1.165) is 16.7 Å². The van der Waals surface area contributed by atoms with Gasteiger partial charge in [-0.3, -0.25) is 9.78 Å². The number of oxazole rings is 1. The molecular weight excluding hydrogens is 338 g/mol. The summed E-state index contributed by atoms with van der Waals surface area (Å²) in [6.07, 6.45) is 6.01. The number of pyridine rings is 1. The van der Waals surface area contributed by atoms with Crippen molar-refractivity contribution < 1.29 is 9.21 Å². The second-order valence-corrected chi connectivity index (χ2v) is 6.44. The van der Waals surface area contributed by atoms with Crippen LogP contribution in [-0.4, -0.2) is 15.9 Å². The molecule has 0 bridgehead atoms. The van der Waals surface area contributed by atoms with Crippen LogP contribution in [0.1, 0.15) is 11.1 Å². The topological polar surface area (TPSA) is 68.0 Å². The van der Waals surface area contributed by atoms with Crippen molar-refractivity contribution in [2.24, 2.45) is 0 Å². The van der Waals surface area contributed by atoms with E-state index in [1.165, 1.54) is 5.56 Å². The number of carbonyl (C=O) groups excluding carboxylic acids is 1. The average molecular weight is 353 g/mol. The highest BCUT2D eigenvalue weighted by Crippen LogP contribution is 2.28. The Hall–Kier alpha value is -3.73. The van der Waals surface area contributed by atoms with Gasteiger partial charge in [0.15, 0.2) is 5.58 Å². The summed E-state index contributed by atoms with van der Waals surface area (Å²) in [4.78, 5) is 21.2. The van der Waals surface area contributed by atoms with Gasteiger partial charge in [-0.25, -0.2) is 4.98 Å². The van der Waals surface area contributed by atoms with Crippen molar-refractivity contribution in [3.05, 3.63) is 83.7 Å². The molecule has 5 nitrogen and oxygen atoms in total. The van der Waals surface area contributed by atoms with E-state index in [1.807, 2.05) is 60.7 Å². The maximum atomic E-state index is 12.6. The smallest absolute Gasteiger partial charge is 0.251 e. The summed E-state index contributed by atoms with van der Waals surface area (Å²) in [5, 5.41) is 2.96. The molecule has 2 aromatic heterocycles. The monoisotopic (exact) mass is 353 g/mol. The molecule has 5 rings (SSSR count). The molecule has 0 unspecified atom stereocenters. The number of anilines is 1. The molecule has 4 aromatic rings. The zero-order valence-corrected chi connectivity index (χ0v) is 14.3. The minimum atomic E-state index is -0.0958. The van der Waals surface area contributed by atoms with Crippen LogP contribution in [0.5, 0.6) is 0 Å². The highest BCUT2D eigenvalue weighted by atomic mass is 16.3. The van der Waals surface area contributed by atoms with Crippen molar-refractivity contribution >= 4 is 28.8 Å². The van der Waals surface area contributed by atoms with Gasteiger partial charge < -0.3 is 9.73 Å². The van der Waals surface area contributed by atoms with Crippen molar-refractivity contribution in [2.75, 3.05) is 5.32 Å². The first-order chi connectivity index (χ1) is 13.3. The molecule has 1 amide bonds. The first-order valence-corrected chi connectivity index (χ1v) is 8.67. The Kier molecular flexibility index (Phi) is 3.57. The van der Waals surface area contributed by atoms with E-state index in [1.54, 1.807) is 12.4 Å². The molecule has 130 valence electrons. The minimum Gasteiger partial charge on any atom is -0.436 e. The Morgan fingerprint density at radius 1 is 1.07 bits per heavy atom. The molecule has 2 heterocycles. The Morgan fingerprint density at radius 3 is 2.85 bits per heavy atom. The van der Waals surface area contributed by atoms with E-state index in [-0.39, 0.29) is 5.91 Å². The van der Waals surface area contributed by atoms with Crippen molar-refractivity contribution in [3.63, 3.8) is 0 Å². The van der Waals surface area contributed by atoms with Gasteiger partial charge in [-0.1, -0.05) is 24.3 Å². The molecule has 0 saturated heterocycles. The van der Waals surface area contributed by atoms with Gasteiger partial charge in [0.25, 0.3) is 5.91 Å². The Balaban J connectivity index is 1.39. The first kappa shape index (κ1) is 15.5. The summed E-state index contributed by atoms with van der Waals surface area (Å²) >= 11 is 0. The van der Waals surface area contributed by atoms with Crippen LogP contribution >= 0.6 is 0 Å². The fourth-order valence-electron chi connectivity index (χ4n) is 3.26. The molecule has 1 N–H and O–H groups in total. The molecular formula is C22H15N3O2. The third kappa shape index (κ3) is 2.89. The summed E-state index contributed by atoms with van der Waals surface area (Å²) in [5.74, 6) is 0.414. The number of carbonyl (C=O) groups is 1. The predicted octanol–water partition coefficient (Wildman–Crippen LogP) is 4.47. The van der Waals surface area contributed by atoms with E-state index in [4.69, 9.17) is 4.42 Å². The quantitative estimate of drug-likeness (QED) is 0.590. The summed E-state index contributed by atoms with van der Waals surface area (Å²) in [7, 11) is 0. The molecule has 1 aliphatic carbocycles. The Labute approximate surface area is 155 Å². The number of nitrogens with zero attached hydrogens (tertiary/aromatic N) is 2.